The highest BCUT2D eigenvalue weighted by atomic mass is 32.2. The number of hydrogen-bond donors (Lipinski definition) is 1. The highest BCUT2D eigenvalue weighted by Crippen LogP contribution is 2.32. The molecule has 4 rings (SSSR count). The molecule has 1 N–H and O–H groups in total. The quantitative estimate of drug-likeness (QED) is 0.697. The maximum atomic E-state index is 5.85. The fraction of sp³-hybridized carbons (Fsp3) is 0.412. The average Bonchev–Trinajstić information content (AvgIpc) is 3.20. The van der Waals surface area contributed by atoms with Crippen LogP contribution in [0.2, 0.25) is 0 Å². The minimum absolute atomic E-state index is 0.601. The average molecular weight is 313 g/mol. The van der Waals surface area contributed by atoms with Gasteiger partial charge < -0.3 is 9.40 Å². The van der Waals surface area contributed by atoms with Crippen molar-refractivity contribution < 1.29 is 4.42 Å². The number of fused-ring (bicyclic) bond motifs is 1. The van der Waals surface area contributed by atoms with Crippen LogP contribution in [0.4, 0.5) is 0 Å². The molecule has 1 aromatic carbocycles. The first-order chi connectivity index (χ1) is 10.9. The van der Waals surface area contributed by atoms with Crippen LogP contribution < -0.4 is 0 Å². The summed E-state index contributed by atoms with van der Waals surface area (Å²) in [5.41, 5.74) is 2.07. The van der Waals surface area contributed by atoms with Gasteiger partial charge in [-0.05, 0) is 24.8 Å². The molecule has 0 amide bonds. The summed E-state index contributed by atoms with van der Waals surface area (Å²) in [6, 6.07) is 8.16. The van der Waals surface area contributed by atoms with Gasteiger partial charge in [0.1, 0.15) is 0 Å². The normalized spacial score (nSPS) is 16.4. The van der Waals surface area contributed by atoms with Gasteiger partial charge in [-0.3, -0.25) is 0 Å². The number of para-hydroxylation sites is 1. The van der Waals surface area contributed by atoms with Crippen molar-refractivity contribution in [2.24, 2.45) is 5.92 Å². The smallest absolute Gasteiger partial charge is 0.276 e. The Balaban J connectivity index is 1.49. The van der Waals surface area contributed by atoms with Gasteiger partial charge in [-0.1, -0.05) is 49.2 Å². The topological polar surface area (TPSA) is 54.7 Å². The van der Waals surface area contributed by atoms with E-state index in [1.54, 1.807) is 11.8 Å². The van der Waals surface area contributed by atoms with Crippen molar-refractivity contribution >= 4 is 22.7 Å². The van der Waals surface area contributed by atoms with Crippen LogP contribution in [-0.2, 0) is 0 Å². The standard InChI is InChI=1S/C17H19N3OS/c1-2-6-12(7-3-1)11-22-17-20-19-16(21-17)14-10-18-15-9-5-4-8-13(14)15/h4-5,8-10,12,18H,1-3,6-7,11H2. The number of rotatable bonds is 4. The minimum Gasteiger partial charge on any atom is -0.411 e. The lowest BCUT2D eigenvalue weighted by atomic mass is 9.91. The first kappa shape index (κ1) is 13.9. The van der Waals surface area contributed by atoms with Crippen molar-refractivity contribution in [1.29, 1.82) is 0 Å². The largest absolute Gasteiger partial charge is 0.411 e. The number of aromatic nitrogens is 3. The maximum absolute atomic E-state index is 5.85. The molecule has 0 unspecified atom stereocenters. The molecule has 5 heteroatoms. The van der Waals surface area contributed by atoms with E-state index in [1.807, 2.05) is 24.4 Å². The van der Waals surface area contributed by atoms with Crippen LogP contribution in [-0.4, -0.2) is 20.9 Å². The molecule has 0 radical (unpaired) electrons. The van der Waals surface area contributed by atoms with Gasteiger partial charge in [0, 0.05) is 22.9 Å². The number of aromatic amines is 1. The molecule has 4 nitrogen and oxygen atoms in total. The molecule has 22 heavy (non-hydrogen) atoms. The van der Waals surface area contributed by atoms with Crippen LogP contribution in [0.25, 0.3) is 22.4 Å². The Bertz CT molecular complexity index is 758. The van der Waals surface area contributed by atoms with Gasteiger partial charge in [-0.25, -0.2) is 0 Å². The number of thioether (sulfide) groups is 1. The van der Waals surface area contributed by atoms with Gasteiger partial charge in [-0.15, -0.1) is 10.2 Å². The predicted octanol–water partition coefficient (Wildman–Crippen LogP) is 4.89. The van der Waals surface area contributed by atoms with E-state index in [0.717, 1.165) is 28.1 Å². The van der Waals surface area contributed by atoms with Gasteiger partial charge in [0.15, 0.2) is 0 Å². The molecule has 1 aliphatic carbocycles. The van der Waals surface area contributed by atoms with Crippen molar-refractivity contribution in [2.75, 3.05) is 5.75 Å². The van der Waals surface area contributed by atoms with Crippen molar-refractivity contribution in [2.45, 2.75) is 37.3 Å². The minimum atomic E-state index is 0.601. The Hall–Kier alpha value is -1.75. The second kappa shape index (κ2) is 6.16. The Labute approximate surface area is 133 Å². The molecule has 2 heterocycles. The summed E-state index contributed by atoms with van der Waals surface area (Å²) in [6.07, 6.45) is 8.76. The Morgan fingerprint density at radius 3 is 2.91 bits per heavy atom. The highest BCUT2D eigenvalue weighted by Gasteiger charge is 2.17. The molecule has 0 bridgehead atoms. The molecule has 1 fully saturated rings. The first-order valence-electron chi connectivity index (χ1n) is 7.93. The molecule has 0 saturated heterocycles. The summed E-state index contributed by atoms with van der Waals surface area (Å²) in [5.74, 6) is 2.50. The number of nitrogens with one attached hydrogen (secondary N) is 1. The van der Waals surface area contributed by atoms with E-state index in [0.29, 0.717) is 11.1 Å². The molecule has 2 aromatic heterocycles. The Kier molecular flexibility index (Phi) is 3.89. The second-order valence-corrected chi connectivity index (χ2v) is 6.91. The molecule has 3 aromatic rings. The van der Waals surface area contributed by atoms with Crippen molar-refractivity contribution in [3.63, 3.8) is 0 Å². The van der Waals surface area contributed by atoms with Crippen LogP contribution >= 0.6 is 11.8 Å². The van der Waals surface area contributed by atoms with Crippen LogP contribution in [0.1, 0.15) is 32.1 Å². The summed E-state index contributed by atoms with van der Waals surface area (Å²) < 4.78 is 5.85. The SMILES string of the molecule is c1ccc2c(-c3nnc(SCC4CCCCC4)o3)c[nH]c2c1. The molecule has 0 aliphatic heterocycles. The van der Waals surface area contributed by atoms with E-state index in [-0.39, 0.29) is 0 Å². The lowest BCUT2D eigenvalue weighted by molar-refractivity contribution is 0.389. The van der Waals surface area contributed by atoms with Crippen LogP contribution in [0, 0.1) is 5.92 Å². The lowest BCUT2D eigenvalue weighted by Gasteiger charge is -2.19. The molecule has 114 valence electrons. The second-order valence-electron chi connectivity index (χ2n) is 5.94. The summed E-state index contributed by atoms with van der Waals surface area (Å²) in [6.45, 7) is 0. The lowest BCUT2D eigenvalue weighted by Crippen LogP contribution is -2.08. The van der Waals surface area contributed by atoms with E-state index in [9.17, 15) is 0 Å². The van der Waals surface area contributed by atoms with Crippen molar-refractivity contribution in [3.8, 4) is 11.5 Å². The van der Waals surface area contributed by atoms with Crippen LogP contribution in [0.15, 0.2) is 40.1 Å². The number of hydrogen-bond acceptors (Lipinski definition) is 4. The van der Waals surface area contributed by atoms with E-state index in [1.165, 1.54) is 32.1 Å². The van der Waals surface area contributed by atoms with Gasteiger partial charge in [-0.2, -0.15) is 0 Å². The molecule has 1 aliphatic rings. The van der Waals surface area contributed by atoms with Gasteiger partial charge in [0.05, 0.1) is 5.56 Å². The molecule has 0 atom stereocenters. The van der Waals surface area contributed by atoms with Crippen molar-refractivity contribution in [1.82, 2.24) is 15.2 Å². The van der Waals surface area contributed by atoms with Gasteiger partial charge in [0.2, 0.25) is 0 Å². The maximum Gasteiger partial charge on any atom is 0.276 e. The van der Waals surface area contributed by atoms with Gasteiger partial charge >= 0.3 is 0 Å². The highest BCUT2D eigenvalue weighted by molar-refractivity contribution is 7.99. The Morgan fingerprint density at radius 1 is 1.14 bits per heavy atom. The molecule has 1 saturated carbocycles. The van der Waals surface area contributed by atoms with Crippen LogP contribution in [0.5, 0.6) is 0 Å². The van der Waals surface area contributed by atoms with Gasteiger partial charge in [0.25, 0.3) is 11.1 Å². The van der Waals surface area contributed by atoms with Crippen molar-refractivity contribution in [3.05, 3.63) is 30.5 Å². The summed E-state index contributed by atoms with van der Waals surface area (Å²) >= 11 is 1.70. The van der Waals surface area contributed by atoms with E-state index >= 15 is 0 Å². The third-order valence-electron chi connectivity index (χ3n) is 4.39. The number of nitrogens with zero attached hydrogens (tertiary/aromatic N) is 2. The van der Waals surface area contributed by atoms with E-state index < -0.39 is 0 Å². The van der Waals surface area contributed by atoms with E-state index in [2.05, 4.69) is 21.2 Å². The summed E-state index contributed by atoms with van der Waals surface area (Å²) in [7, 11) is 0. The third kappa shape index (κ3) is 2.77. The zero-order valence-electron chi connectivity index (χ0n) is 12.4. The molecular weight excluding hydrogens is 294 g/mol. The zero-order chi connectivity index (χ0) is 14.8. The summed E-state index contributed by atoms with van der Waals surface area (Å²) in [4.78, 5) is 3.25. The summed E-state index contributed by atoms with van der Waals surface area (Å²) in [5, 5.41) is 10.2. The molecular formula is C17H19N3OS. The number of H-pyrrole nitrogens is 1. The van der Waals surface area contributed by atoms with E-state index in [4.69, 9.17) is 4.42 Å². The first-order valence-corrected chi connectivity index (χ1v) is 8.91. The van der Waals surface area contributed by atoms with Crippen LogP contribution in [0.3, 0.4) is 0 Å². The Morgan fingerprint density at radius 2 is 2.00 bits per heavy atom. The number of benzene rings is 1. The fourth-order valence-electron chi connectivity index (χ4n) is 3.17. The molecule has 0 spiro atoms. The predicted molar refractivity (Wildman–Crippen MR) is 88.9 cm³/mol. The third-order valence-corrected chi connectivity index (χ3v) is 5.44. The fourth-order valence-corrected chi connectivity index (χ4v) is 4.12. The monoisotopic (exact) mass is 313 g/mol. The zero-order valence-corrected chi connectivity index (χ0v) is 13.2.